The van der Waals surface area contributed by atoms with Crippen molar-refractivity contribution in [1.29, 1.82) is 0 Å². The minimum absolute atomic E-state index is 0.0310. The molecule has 1 aliphatic carbocycles. The van der Waals surface area contributed by atoms with Gasteiger partial charge in [-0.25, -0.2) is 14.4 Å². The number of carboxylic acids is 1. The van der Waals surface area contributed by atoms with Crippen LogP contribution in [0.5, 0.6) is 0 Å². The largest absolute Gasteiger partial charge is 0.476 e. The van der Waals surface area contributed by atoms with Crippen LogP contribution in [0.2, 0.25) is 0 Å². The van der Waals surface area contributed by atoms with Gasteiger partial charge >= 0.3 is 18.2 Å². The van der Waals surface area contributed by atoms with E-state index in [4.69, 9.17) is 9.47 Å². The van der Waals surface area contributed by atoms with Gasteiger partial charge in [0.2, 0.25) is 0 Å². The maximum Gasteiger partial charge on any atom is 0.410 e. The fourth-order valence-electron chi connectivity index (χ4n) is 5.94. The summed E-state index contributed by atoms with van der Waals surface area (Å²) >= 11 is 0. The Morgan fingerprint density at radius 3 is 2.26 bits per heavy atom. The molecule has 2 heterocycles. The summed E-state index contributed by atoms with van der Waals surface area (Å²) in [4.78, 5) is 41.8. The Balaban J connectivity index is 1.37. The molecule has 1 aromatic heterocycles. The number of aromatic carboxylic acids is 1. The number of nitrogens with zero attached hydrogens (tertiary/aromatic N) is 4. The monoisotopic (exact) mass is 574 g/mol. The molecule has 5 rings (SSSR count). The van der Waals surface area contributed by atoms with E-state index in [0.29, 0.717) is 37.9 Å². The maximum atomic E-state index is 13.9. The highest BCUT2D eigenvalue weighted by atomic mass is 16.6. The smallest absolute Gasteiger partial charge is 0.410 e. The number of aromatic nitrogens is 2. The van der Waals surface area contributed by atoms with E-state index in [1.807, 2.05) is 45.0 Å². The third-order valence-corrected chi connectivity index (χ3v) is 7.81. The van der Waals surface area contributed by atoms with Crippen LogP contribution < -0.4 is 0 Å². The summed E-state index contributed by atoms with van der Waals surface area (Å²) in [7, 11) is 1.65. The zero-order valence-electron chi connectivity index (χ0n) is 24.6. The van der Waals surface area contributed by atoms with Crippen LogP contribution in [0.3, 0.4) is 0 Å². The first-order chi connectivity index (χ1) is 20.0. The minimum Gasteiger partial charge on any atom is -0.476 e. The van der Waals surface area contributed by atoms with Crippen LogP contribution in [-0.4, -0.2) is 74.2 Å². The van der Waals surface area contributed by atoms with E-state index in [1.165, 1.54) is 4.68 Å². The molecule has 3 aromatic rings. The van der Waals surface area contributed by atoms with Gasteiger partial charge in [0.25, 0.3) is 0 Å². The van der Waals surface area contributed by atoms with Gasteiger partial charge in [0.05, 0.1) is 6.54 Å². The second-order valence-corrected chi connectivity index (χ2v) is 12.0. The van der Waals surface area contributed by atoms with E-state index >= 15 is 0 Å². The normalized spacial score (nSPS) is 16.8. The van der Waals surface area contributed by atoms with Gasteiger partial charge in [0, 0.05) is 43.9 Å². The van der Waals surface area contributed by atoms with Crippen molar-refractivity contribution in [1.82, 2.24) is 19.6 Å². The minimum atomic E-state index is -1.16. The fraction of sp³-hybridized carbons (Fsp3) is 0.438. The van der Waals surface area contributed by atoms with Gasteiger partial charge in [0.15, 0.2) is 5.69 Å². The van der Waals surface area contributed by atoms with Crippen molar-refractivity contribution in [2.75, 3.05) is 19.7 Å². The molecular weight excluding hydrogens is 536 g/mol. The molecule has 0 spiro atoms. The Kier molecular flexibility index (Phi) is 8.24. The third kappa shape index (κ3) is 6.27. The molecule has 1 aliphatic heterocycles. The molecule has 10 heteroatoms. The summed E-state index contributed by atoms with van der Waals surface area (Å²) in [5.74, 6) is -1.26. The zero-order valence-corrected chi connectivity index (χ0v) is 24.6. The highest BCUT2D eigenvalue weighted by Crippen LogP contribution is 2.44. The van der Waals surface area contributed by atoms with E-state index < -0.39 is 17.7 Å². The second kappa shape index (κ2) is 11.9. The fourth-order valence-corrected chi connectivity index (χ4v) is 5.94. The average Bonchev–Trinajstić information content (AvgIpc) is 3.35. The number of carboxylic acid groups (broad SMARTS) is 1. The first kappa shape index (κ1) is 29.2. The Morgan fingerprint density at radius 1 is 1.00 bits per heavy atom. The Bertz CT molecular complexity index is 1430. The van der Waals surface area contributed by atoms with Crippen molar-refractivity contribution < 1.29 is 29.0 Å². The molecule has 0 saturated carbocycles. The lowest BCUT2D eigenvalue weighted by Gasteiger charge is -2.31. The number of carbonyl (C=O) groups excluding carboxylic acids is 2. The van der Waals surface area contributed by atoms with E-state index in [9.17, 15) is 19.5 Å². The highest BCUT2D eigenvalue weighted by molar-refractivity contribution is 5.87. The summed E-state index contributed by atoms with van der Waals surface area (Å²) in [5.41, 5.74) is 4.22. The molecule has 42 heavy (non-hydrogen) atoms. The molecule has 2 aromatic carbocycles. The standard InChI is InChI=1S/C32H38N4O6/c1-32(2,3)42-30(39)35-16-9-10-22(15-17-35)36(19-21-18-34(4)33-28(21)29(37)38)31(40)41-20-27-25-13-7-5-11-23(25)24-12-6-8-14-26(24)27/h5-8,11-14,18,22,27H,9-10,15-17,19-20H2,1-4H3,(H,37,38). The van der Waals surface area contributed by atoms with Crippen molar-refractivity contribution in [3.8, 4) is 11.1 Å². The zero-order chi connectivity index (χ0) is 30.0. The van der Waals surface area contributed by atoms with Crippen molar-refractivity contribution in [3.63, 3.8) is 0 Å². The predicted octanol–water partition coefficient (Wildman–Crippen LogP) is 5.66. The number of ether oxygens (including phenoxy) is 2. The first-order valence-corrected chi connectivity index (χ1v) is 14.4. The van der Waals surface area contributed by atoms with E-state index in [0.717, 1.165) is 22.3 Å². The second-order valence-electron chi connectivity index (χ2n) is 12.0. The molecule has 1 unspecified atom stereocenters. The maximum absolute atomic E-state index is 13.9. The average molecular weight is 575 g/mol. The lowest BCUT2D eigenvalue weighted by Crippen LogP contribution is -2.42. The summed E-state index contributed by atoms with van der Waals surface area (Å²) in [6.07, 6.45) is 2.52. The topological polar surface area (TPSA) is 114 Å². The number of rotatable bonds is 6. The summed E-state index contributed by atoms with van der Waals surface area (Å²) in [6.45, 7) is 6.60. The Hall–Kier alpha value is -4.34. The highest BCUT2D eigenvalue weighted by Gasteiger charge is 2.34. The van der Waals surface area contributed by atoms with Gasteiger partial charge in [-0.3, -0.25) is 4.68 Å². The van der Waals surface area contributed by atoms with Crippen molar-refractivity contribution in [2.24, 2.45) is 7.05 Å². The quantitative estimate of drug-likeness (QED) is 0.404. The molecule has 1 atom stereocenters. The number of carbonyl (C=O) groups is 3. The van der Waals surface area contributed by atoms with Crippen molar-refractivity contribution in [2.45, 2.75) is 64.1 Å². The molecule has 1 N–H and O–H groups in total. The molecular formula is C32H38N4O6. The summed E-state index contributed by atoms with van der Waals surface area (Å²) in [6, 6.07) is 16.0. The van der Waals surface area contributed by atoms with Crippen molar-refractivity contribution in [3.05, 3.63) is 77.1 Å². The van der Waals surface area contributed by atoms with Crippen molar-refractivity contribution >= 4 is 18.2 Å². The molecule has 1 saturated heterocycles. The van der Waals surface area contributed by atoms with E-state index in [1.54, 1.807) is 23.0 Å². The van der Waals surface area contributed by atoms with E-state index in [-0.39, 0.29) is 36.9 Å². The summed E-state index contributed by atoms with van der Waals surface area (Å²) in [5, 5.41) is 13.8. The van der Waals surface area contributed by atoms with E-state index in [2.05, 4.69) is 29.4 Å². The van der Waals surface area contributed by atoms with Crippen LogP contribution >= 0.6 is 0 Å². The Morgan fingerprint density at radius 2 is 1.64 bits per heavy atom. The lowest BCUT2D eigenvalue weighted by atomic mass is 9.98. The number of benzene rings is 2. The molecule has 0 radical (unpaired) electrons. The van der Waals surface area contributed by atoms with Crippen LogP contribution in [0.25, 0.3) is 11.1 Å². The van der Waals surface area contributed by atoms with Crippen LogP contribution in [0.15, 0.2) is 54.7 Å². The SMILES string of the molecule is Cn1cc(CN(C(=O)OCC2c3ccccc3-c3ccccc32)C2CCCN(C(=O)OC(C)(C)C)CC2)c(C(=O)O)n1. The molecule has 1 fully saturated rings. The first-order valence-electron chi connectivity index (χ1n) is 14.4. The van der Waals surface area contributed by atoms with Crippen LogP contribution in [0.1, 0.15) is 73.1 Å². The molecule has 222 valence electrons. The van der Waals surface area contributed by atoms with Gasteiger partial charge in [-0.15, -0.1) is 0 Å². The van der Waals surface area contributed by atoms with Gasteiger partial charge in [-0.05, 0) is 62.3 Å². The third-order valence-electron chi connectivity index (χ3n) is 7.81. The number of likely N-dealkylation sites (tertiary alicyclic amines) is 1. The molecule has 2 amide bonds. The number of fused-ring (bicyclic) bond motifs is 3. The predicted molar refractivity (Wildman–Crippen MR) is 156 cm³/mol. The molecule has 2 aliphatic rings. The van der Waals surface area contributed by atoms with Gasteiger partial charge in [-0.2, -0.15) is 5.10 Å². The summed E-state index contributed by atoms with van der Waals surface area (Å²) < 4.78 is 13.0. The van der Waals surface area contributed by atoms with Crippen LogP contribution in [0, 0.1) is 0 Å². The number of amides is 2. The molecule has 0 bridgehead atoms. The van der Waals surface area contributed by atoms with Crippen LogP contribution in [-0.2, 0) is 23.1 Å². The number of hydrogen-bond acceptors (Lipinski definition) is 6. The lowest BCUT2D eigenvalue weighted by molar-refractivity contribution is 0.0252. The van der Waals surface area contributed by atoms with Gasteiger partial charge < -0.3 is 24.4 Å². The molecule has 10 nitrogen and oxygen atoms in total. The number of aryl methyl sites for hydroxylation is 1. The van der Waals surface area contributed by atoms with Crippen LogP contribution in [0.4, 0.5) is 9.59 Å². The van der Waals surface area contributed by atoms with Gasteiger partial charge in [0.1, 0.15) is 12.2 Å². The van der Waals surface area contributed by atoms with Gasteiger partial charge in [-0.1, -0.05) is 48.5 Å². The Labute approximate surface area is 245 Å². The number of hydrogen-bond donors (Lipinski definition) is 1.